The van der Waals surface area contributed by atoms with Crippen molar-refractivity contribution in [2.24, 2.45) is 0 Å². The van der Waals surface area contributed by atoms with Gasteiger partial charge in [-0.3, -0.25) is 0 Å². The van der Waals surface area contributed by atoms with Crippen molar-refractivity contribution in [3.05, 3.63) is 71.8 Å². The van der Waals surface area contributed by atoms with E-state index in [1.54, 1.807) is 4.68 Å². The summed E-state index contributed by atoms with van der Waals surface area (Å²) < 4.78 is 1.78. The Morgan fingerprint density at radius 2 is 1.62 bits per heavy atom. The Morgan fingerprint density at radius 1 is 0.923 bits per heavy atom. The molecule has 7 nitrogen and oxygen atoms in total. The number of aromatic amines is 1. The minimum atomic E-state index is -0.0552. The number of hydrogen-bond donors (Lipinski definition) is 1. The van der Waals surface area contributed by atoms with Crippen molar-refractivity contribution in [3.8, 4) is 16.8 Å². The molecule has 5 rings (SSSR count). The molecule has 1 aliphatic rings. The van der Waals surface area contributed by atoms with Gasteiger partial charge in [-0.2, -0.15) is 5.21 Å². The summed E-state index contributed by atoms with van der Waals surface area (Å²) in [7, 11) is 0. The third kappa shape index (κ3) is 2.40. The Balaban J connectivity index is 1.41. The standard InChI is InChI=1S/C19H17N7/c1-13-12-26(25-20-13)17-8-4-15(5-9-17)14-2-6-16(7-3-14)19(10-11-19)18-21-23-24-22-18/h2-9,12H,10-11H2,1H3,(H,21,22,23,24). The van der Waals surface area contributed by atoms with Crippen molar-refractivity contribution in [2.45, 2.75) is 25.2 Å². The number of aromatic nitrogens is 7. The van der Waals surface area contributed by atoms with Crippen LogP contribution in [0.3, 0.4) is 0 Å². The van der Waals surface area contributed by atoms with E-state index < -0.39 is 0 Å². The van der Waals surface area contributed by atoms with Crippen molar-refractivity contribution in [1.29, 1.82) is 0 Å². The molecule has 1 N–H and O–H groups in total. The van der Waals surface area contributed by atoms with Gasteiger partial charge in [0.2, 0.25) is 0 Å². The van der Waals surface area contributed by atoms with Gasteiger partial charge in [-0.1, -0.05) is 46.8 Å². The van der Waals surface area contributed by atoms with Crippen LogP contribution in [0.5, 0.6) is 0 Å². The SMILES string of the molecule is Cc1cn(-c2ccc(-c3ccc(C4(c5nn[nH]n5)CC4)cc3)cc2)nn1. The first-order chi connectivity index (χ1) is 12.7. The lowest BCUT2D eigenvalue weighted by atomic mass is 9.93. The van der Waals surface area contributed by atoms with Crippen molar-refractivity contribution < 1.29 is 0 Å². The summed E-state index contributed by atoms with van der Waals surface area (Å²) in [5.74, 6) is 0.790. The van der Waals surface area contributed by atoms with Crippen molar-refractivity contribution in [1.82, 2.24) is 35.6 Å². The molecule has 0 amide bonds. The van der Waals surface area contributed by atoms with E-state index in [-0.39, 0.29) is 5.41 Å². The maximum Gasteiger partial charge on any atom is 0.185 e. The van der Waals surface area contributed by atoms with Crippen molar-refractivity contribution in [2.75, 3.05) is 0 Å². The van der Waals surface area contributed by atoms with Gasteiger partial charge in [0.05, 0.1) is 23.0 Å². The second kappa shape index (κ2) is 5.59. The second-order valence-corrected chi connectivity index (χ2v) is 6.75. The molecule has 1 aliphatic carbocycles. The van der Waals surface area contributed by atoms with E-state index in [4.69, 9.17) is 0 Å². The van der Waals surface area contributed by atoms with Crippen LogP contribution < -0.4 is 0 Å². The average Bonchev–Trinajstić information content (AvgIpc) is 3.09. The maximum atomic E-state index is 4.19. The molecule has 2 heterocycles. The zero-order valence-corrected chi connectivity index (χ0v) is 14.3. The molecule has 0 saturated heterocycles. The smallest absolute Gasteiger partial charge is 0.185 e. The normalized spacial score (nSPS) is 15.1. The largest absolute Gasteiger partial charge is 0.220 e. The van der Waals surface area contributed by atoms with E-state index >= 15 is 0 Å². The highest BCUT2D eigenvalue weighted by Crippen LogP contribution is 2.52. The van der Waals surface area contributed by atoms with Crippen LogP contribution in [0.15, 0.2) is 54.7 Å². The second-order valence-electron chi connectivity index (χ2n) is 6.75. The van der Waals surface area contributed by atoms with Crippen LogP contribution in [0.1, 0.15) is 29.9 Å². The molecular formula is C19H17N7. The van der Waals surface area contributed by atoms with Gasteiger partial charge in [0.15, 0.2) is 5.82 Å². The average molecular weight is 343 g/mol. The van der Waals surface area contributed by atoms with Crippen LogP contribution in [0, 0.1) is 6.92 Å². The minimum Gasteiger partial charge on any atom is -0.220 e. The predicted octanol–water partition coefficient (Wildman–Crippen LogP) is 2.84. The Hall–Kier alpha value is -3.35. The first-order valence-corrected chi connectivity index (χ1v) is 8.59. The van der Waals surface area contributed by atoms with E-state index in [2.05, 4.69) is 79.5 Å². The molecule has 7 heteroatoms. The van der Waals surface area contributed by atoms with Crippen LogP contribution in [0.4, 0.5) is 0 Å². The van der Waals surface area contributed by atoms with Gasteiger partial charge in [0.1, 0.15) is 0 Å². The molecular weight excluding hydrogens is 326 g/mol. The third-order valence-electron chi connectivity index (χ3n) is 5.03. The summed E-state index contributed by atoms with van der Waals surface area (Å²) in [6.45, 7) is 1.93. The van der Waals surface area contributed by atoms with Crippen LogP contribution in [-0.2, 0) is 5.41 Å². The lowest BCUT2D eigenvalue weighted by Crippen LogP contribution is -2.10. The third-order valence-corrected chi connectivity index (χ3v) is 5.03. The molecule has 4 aromatic rings. The van der Waals surface area contributed by atoms with Crippen molar-refractivity contribution >= 4 is 0 Å². The van der Waals surface area contributed by atoms with E-state index in [9.17, 15) is 0 Å². The maximum absolute atomic E-state index is 4.19. The molecule has 128 valence electrons. The molecule has 2 aromatic heterocycles. The van der Waals surface area contributed by atoms with Crippen LogP contribution in [0.25, 0.3) is 16.8 Å². The number of rotatable bonds is 4. The van der Waals surface area contributed by atoms with Crippen LogP contribution in [-0.4, -0.2) is 35.6 Å². The molecule has 0 bridgehead atoms. The summed E-state index contributed by atoms with van der Waals surface area (Å²) in [6, 6.07) is 17.0. The van der Waals surface area contributed by atoms with E-state index in [0.717, 1.165) is 30.0 Å². The van der Waals surface area contributed by atoms with Gasteiger partial charge >= 0.3 is 0 Å². The number of H-pyrrole nitrogens is 1. The Labute approximate surface area is 150 Å². The topological polar surface area (TPSA) is 85.2 Å². The highest BCUT2D eigenvalue weighted by Gasteiger charge is 2.49. The number of nitrogens with one attached hydrogen (secondary N) is 1. The summed E-state index contributed by atoms with van der Waals surface area (Å²) in [5, 5.41) is 22.8. The lowest BCUT2D eigenvalue weighted by molar-refractivity contribution is 0.759. The Bertz CT molecular complexity index is 1030. The summed E-state index contributed by atoms with van der Waals surface area (Å²) >= 11 is 0. The highest BCUT2D eigenvalue weighted by molar-refractivity contribution is 5.65. The van der Waals surface area contributed by atoms with Gasteiger partial charge in [0.25, 0.3) is 0 Å². The zero-order valence-electron chi connectivity index (χ0n) is 14.3. The monoisotopic (exact) mass is 343 g/mol. The van der Waals surface area contributed by atoms with Crippen LogP contribution in [0.2, 0.25) is 0 Å². The quantitative estimate of drug-likeness (QED) is 0.616. The molecule has 0 radical (unpaired) electrons. The fourth-order valence-corrected chi connectivity index (χ4v) is 3.39. The number of tetrazole rings is 1. The number of nitrogens with zero attached hydrogens (tertiary/aromatic N) is 6. The molecule has 0 aliphatic heterocycles. The summed E-state index contributed by atoms with van der Waals surface area (Å²) in [5.41, 5.74) is 5.44. The van der Waals surface area contributed by atoms with Crippen molar-refractivity contribution in [3.63, 3.8) is 0 Å². The molecule has 26 heavy (non-hydrogen) atoms. The Morgan fingerprint density at radius 3 is 2.15 bits per heavy atom. The molecule has 1 fully saturated rings. The lowest BCUT2D eigenvalue weighted by Gasteiger charge is -2.12. The van der Waals surface area contributed by atoms with Gasteiger partial charge in [-0.15, -0.1) is 15.3 Å². The summed E-state index contributed by atoms with van der Waals surface area (Å²) in [6.07, 6.45) is 4.05. The number of aryl methyl sites for hydroxylation is 1. The first-order valence-electron chi connectivity index (χ1n) is 8.59. The van der Waals surface area contributed by atoms with E-state index in [1.807, 2.05) is 13.1 Å². The molecule has 1 saturated carbocycles. The minimum absolute atomic E-state index is 0.0552. The van der Waals surface area contributed by atoms with Gasteiger partial charge in [-0.05, 0) is 48.6 Å². The number of benzene rings is 2. The van der Waals surface area contributed by atoms with E-state index in [1.165, 1.54) is 16.7 Å². The zero-order chi connectivity index (χ0) is 17.6. The van der Waals surface area contributed by atoms with E-state index in [0.29, 0.717) is 0 Å². The molecule has 2 aromatic carbocycles. The fourth-order valence-electron chi connectivity index (χ4n) is 3.39. The molecule has 0 spiro atoms. The summed E-state index contributed by atoms with van der Waals surface area (Å²) in [4.78, 5) is 0. The molecule has 0 atom stereocenters. The predicted molar refractivity (Wildman–Crippen MR) is 95.7 cm³/mol. The van der Waals surface area contributed by atoms with Crippen LogP contribution >= 0.6 is 0 Å². The molecule has 0 unspecified atom stereocenters. The highest BCUT2D eigenvalue weighted by atomic mass is 15.5. The van der Waals surface area contributed by atoms with Gasteiger partial charge in [0, 0.05) is 0 Å². The van der Waals surface area contributed by atoms with Gasteiger partial charge in [-0.25, -0.2) is 4.68 Å². The van der Waals surface area contributed by atoms with Gasteiger partial charge < -0.3 is 0 Å². The first kappa shape index (κ1) is 14.9. The number of hydrogen-bond acceptors (Lipinski definition) is 5. The fraction of sp³-hybridized carbons (Fsp3) is 0.211. The Kier molecular flexibility index (Phi) is 3.21.